The molecule has 1 amide bonds. The molecule has 5 nitrogen and oxygen atoms in total. The molecule has 2 rings (SSSR count). The Labute approximate surface area is 105 Å². The van der Waals surface area contributed by atoms with E-state index in [1.807, 2.05) is 30.3 Å². The summed E-state index contributed by atoms with van der Waals surface area (Å²) in [4.78, 5) is 15.2. The number of nitrogens with zero attached hydrogens (tertiary/aromatic N) is 1. The number of pyridine rings is 1. The van der Waals surface area contributed by atoms with Crippen LogP contribution in [0.5, 0.6) is 0 Å². The minimum atomic E-state index is -0.513. The number of benzene rings is 1. The molecule has 5 heteroatoms. The molecule has 0 fully saturated rings. The van der Waals surface area contributed by atoms with Crippen LogP contribution in [0, 0.1) is 0 Å². The van der Waals surface area contributed by atoms with Gasteiger partial charge in [-0.15, -0.1) is 0 Å². The highest BCUT2D eigenvalue weighted by Crippen LogP contribution is 2.15. The van der Waals surface area contributed by atoms with E-state index < -0.39 is 6.09 Å². The Bertz CT molecular complexity index is 512. The van der Waals surface area contributed by atoms with E-state index in [-0.39, 0.29) is 0 Å². The number of rotatable bonds is 3. The number of hydrogen-bond donors (Lipinski definition) is 2. The summed E-state index contributed by atoms with van der Waals surface area (Å²) in [5.41, 5.74) is 1.54. The van der Waals surface area contributed by atoms with Crippen LogP contribution < -0.4 is 10.6 Å². The highest BCUT2D eigenvalue weighted by atomic mass is 16.5. The number of ether oxygens (including phenoxy) is 1. The summed E-state index contributed by atoms with van der Waals surface area (Å²) in [6.07, 6.45) is 1.04. The molecule has 2 N–H and O–H groups in total. The second kappa shape index (κ2) is 5.67. The van der Waals surface area contributed by atoms with E-state index in [0.29, 0.717) is 11.5 Å². The lowest BCUT2D eigenvalue weighted by Crippen LogP contribution is -2.11. The Morgan fingerprint density at radius 3 is 2.50 bits per heavy atom. The zero-order valence-corrected chi connectivity index (χ0v) is 9.88. The fourth-order valence-corrected chi connectivity index (χ4v) is 1.38. The molecule has 1 aromatic carbocycles. The second-order valence-electron chi connectivity index (χ2n) is 3.54. The maximum Gasteiger partial charge on any atom is 0.411 e. The van der Waals surface area contributed by atoms with Crippen molar-refractivity contribution in [2.45, 2.75) is 0 Å². The summed E-state index contributed by atoms with van der Waals surface area (Å²) in [6, 6.07) is 13.2. The summed E-state index contributed by atoms with van der Waals surface area (Å²) < 4.78 is 4.49. The zero-order valence-electron chi connectivity index (χ0n) is 9.88. The van der Waals surface area contributed by atoms with Crippen LogP contribution in [0.2, 0.25) is 0 Å². The number of hydrogen-bond acceptors (Lipinski definition) is 4. The number of nitrogens with one attached hydrogen (secondary N) is 2. The molecule has 0 aliphatic rings. The van der Waals surface area contributed by atoms with Crippen LogP contribution in [0.4, 0.5) is 22.0 Å². The van der Waals surface area contributed by atoms with Crippen molar-refractivity contribution < 1.29 is 9.53 Å². The van der Waals surface area contributed by atoms with Crippen LogP contribution in [-0.4, -0.2) is 18.2 Å². The molecule has 18 heavy (non-hydrogen) atoms. The molecule has 0 bridgehead atoms. The number of anilines is 3. The van der Waals surface area contributed by atoms with Crippen molar-refractivity contribution in [1.29, 1.82) is 0 Å². The summed E-state index contributed by atoms with van der Waals surface area (Å²) >= 11 is 0. The number of aromatic nitrogens is 1. The van der Waals surface area contributed by atoms with Crippen molar-refractivity contribution >= 4 is 23.3 Å². The van der Waals surface area contributed by atoms with Crippen LogP contribution in [-0.2, 0) is 4.74 Å². The maximum atomic E-state index is 11.0. The van der Waals surface area contributed by atoms with Gasteiger partial charge >= 0.3 is 6.09 Å². The van der Waals surface area contributed by atoms with E-state index in [1.165, 1.54) is 7.11 Å². The first-order valence-electron chi connectivity index (χ1n) is 5.41. The lowest BCUT2D eigenvalue weighted by molar-refractivity contribution is 0.187. The summed E-state index contributed by atoms with van der Waals surface area (Å²) in [7, 11) is 1.31. The quantitative estimate of drug-likeness (QED) is 0.869. The van der Waals surface area contributed by atoms with Crippen molar-refractivity contribution in [3.05, 3.63) is 48.7 Å². The molecule has 0 spiro atoms. The number of carbonyl (C=O) groups is 1. The maximum absolute atomic E-state index is 11.0. The SMILES string of the molecule is COC(=O)Nc1ccc(Nc2ccccc2)nc1. The van der Waals surface area contributed by atoms with Gasteiger partial charge in [-0.1, -0.05) is 18.2 Å². The van der Waals surface area contributed by atoms with Gasteiger partial charge in [-0.05, 0) is 24.3 Å². The van der Waals surface area contributed by atoms with Crippen LogP contribution >= 0.6 is 0 Å². The van der Waals surface area contributed by atoms with E-state index >= 15 is 0 Å². The largest absolute Gasteiger partial charge is 0.453 e. The summed E-state index contributed by atoms with van der Waals surface area (Å²) in [5, 5.41) is 5.67. The molecule has 0 radical (unpaired) electrons. The van der Waals surface area contributed by atoms with Crippen LogP contribution in [0.25, 0.3) is 0 Å². The molecule has 0 unspecified atom stereocenters. The van der Waals surface area contributed by atoms with Crippen molar-refractivity contribution in [2.24, 2.45) is 0 Å². The first-order valence-corrected chi connectivity index (χ1v) is 5.41. The topological polar surface area (TPSA) is 63.2 Å². The molecule has 92 valence electrons. The van der Waals surface area contributed by atoms with Crippen LogP contribution in [0.3, 0.4) is 0 Å². The third-order valence-electron chi connectivity index (χ3n) is 2.24. The van der Waals surface area contributed by atoms with E-state index in [4.69, 9.17) is 0 Å². The highest BCUT2D eigenvalue weighted by molar-refractivity contribution is 5.84. The van der Waals surface area contributed by atoms with Gasteiger partial charge in [0.2, 0.25) is 0 Å². The van der Waals surface area contributed by atoms with Gasteiger partial charge in [0.1, 0.15) is 5.82 Å². The van der Waals surface area contributed by atoms with E-state index in [2.05, 4.69) is 20.4 Å². The molecule has 0 atom stereocenters. The fourth-order valence-electron chi connectivity index (χ4n) is 1.38. The standard InChI is InChI=1S/C13H13N3O2/c1-18-13(17)16-11-7-8-12(14-9-11)15-10-5-3-2-4-6-10/h2-9H,1H3,(H,14,15)(H,16,17). The Morgan fingerprint density at radius 2 is 1.89 bits per heavy atom. The smallest absolute Gasteiger partial charge is 0.411 e. The molecule has 0 saturated heterocycles. The Hall–Kier alpha value is -2.56. The van der Waals surface area contributed by atoms with Gasteiger partial charge < -0.3 is 10.1 Å². The summed E-state index contributed by atoms with van der Waals surface area (Å²) in [6.45, 7) is 0. The number of para-hydroxylation sites is 1. The first-order chi connectivity index (χ1) is 8.78. The van der Waals surface area contributed by atoms with Gasteiger partial charge in [0.15, 0.2) is 0 Å². The van der Waals surface area contributed by atoms with Crippen molar-refractivity contribution in [1.82, 2.24) is 4.98 Å². The second-order valence-corrected chi connectivity index (χ2v) is 3.54. The number of methoxy groups -OCH3 is 1. The fraction of sp³-hybridized carbons (Fsp3) is 0.0769. The van der Waals surface area contributed by atoms with E-state index in [9.17, 15) is 4.79 Å². The third-order valence-corrected chi connectivity index (χ3v) is 2.24. The predicted molar refractivity (Wildman–Crippen MR) is 70.0 cm³/mol. The molecule has 0 aliphatic carbocycles. The Kier molecular flexibility index (Phi) is 3.76. The van der Waals surface area contributed by atoms with Crippen molar-refractivity contribution in [2.75, 3.05) is 17.7 Å². The van der Waals surface area contributed by atoms with Crippen LogP contribution in [0.1, 0.15) is 0 Å². The predicted octanol–water partition coefficient (Wildman–Crippen LogP) is 3.00. The Balaban J connectivity index is 2.02. The van der Waals surface area contributed by atoms with Gasteiger partial charge in [-0.25, -0.2) is 9.78 Å². The highest BCUT2D eigenvalue weighted by Gasteiger charge is 2.01. The molecule has 1 aromatic heterocycles. The molecule has 1 heterocycles. The monoisotopic (exact) mass is 243 g/mol. The first kappa shape index (κ1) is 11.9. The van der Waals surface area contributed by atoms with Gasteiger partial charge in [0.25, 0.3) is 0 Å². The molecular formula is C13H13N3O2. The van der Waals surface area contributed by atoms with Gasteiger partial charge in [0, 0.05) is 5.69 Å². The molecule has 2 aromatic rings. The number of amides is 1. The lowest BCUT2D eigenvalue weighted by Gasteiger charge is -2.06. The van der Waals surface area contributed by atoms with Gasteiger partial charge in [-0.3, -0.25) is 5.32 Å². The average Bonchev–Trinajstić information content (AvgIpc) is 2.42. The minimum absolute atomic E-state index is 0.513. The van der Waals surface area contributed by atoms with Crippen LogP contribution in [0.15, 0.2) is 48.7 Å². The van der Waals surface area contributed by atoms with Gasteiger partial charge in [-0.2, -0.15) is 0 Å². The van der Waals surface area contributed by atoms with E-state index in [0.717, 1.165) is 5.69 Å². The zero-order chi connectivity index (χ0) is 12.8. The van der Waals surface area contributed by atoms with Crippen molar-refractivity contribution in [3.63, 3.8) is 0 Å². The van der Waals surface area contributed by atoms with E-state index in [1.54, 1.807) is 18.3 Å². The minimum Gasteiger partial charge on any atom is -0.453 e. The molecular weight excluding hydrogens is 230 g/mol. The lowest BCUT2D eigenvalue weighted by atomic mass is 10.3. The molecule has 0 aliphatic heterocycles. The third kappa shape index (κ3) is 3.21. The summed E-state index contributed by atoms with van der Waals surface area (Å²) in [5.74, 6) is 0.705. The Morgan fingerprint density at radius 1 is 1.11 bits per heavy atom. The normalized spacial score (nSPS) is 9.61. The number of carbonyl (C=O) groups excluding carboxylic acids is 1. The van der Waals surface area contributed by atoms with Crippen molar-refractivity contribution in [3.8, 4) is 0 Å². The average molecular weight is 243 g/mol. The molecule has 0 saturated carbocycles. The van der Waals surface area contributed by atoms with Gasteiger partial charge in [0.05, 0.1) is 19.0 Å².